The van der Waals surface area contributed by atoms with E-state index >= 15 is 0 Å². The van der Waals surface area contributed by atoms with Crippen LogP contribution < -0.4 is 0 Å². The van der Waals surface area contributed by atoms with Crippen molar-refractivity contribution in [3.63, 3.8) is 0 Å². The van der Waals surface area contributed by atoms with Gasteiger partial charge in [0.05, 0.1) is 26.4 Å². The molecule has 0 aliphatic heterocycles. The molecule has 0 aromatic rings. The highest BCUT2D eigenvalue weighted by atomic mass is 31.2. The average molecular weight is 1370 g/mol. The standard InChI is InChI=1S/C74H144O17P2/c1-6-10-13-16-19-22-25-27-28-29-30-31-32-35-38-45-50-55-60-74(79)91-70(64-85-72(77)58-53-48-43-40-39-41-46-51-56-67(5)9-4)66-89-93(82,83)87-62-68(75)61-86-92(80,81)88-65-69(63-84-71(76)57-52-47-42-36-33-24-21-18-15-12-8-3)90-73(78)59-54-49-44-37-34-26-23-20-17-14-11-7-2/h67-70,75H,6-66H2,1-5H3,(H,80,81)(H,82,83)/t67?,68-,69+,70+/m0/s1. The molecule has 0 radical (unpaired) electrons. The SMILES string of the molecule is CCCCCCCCCCCCCCCCCCCCC(=O)O[C@H](COC(=O)CCCCCCCCCCC(C)CC)COP(=O)(O)OC[C@@H](O)COP(=O)(O)OC[C@@H](COC(=O)CCCCCCCCCCCCC)OC(=O)CCCCCCCCCCCCCC. The van der Waals surface area contributed by atoms with Crippen LogP contribution in [0, 0.1) is 5.92 Å². The predicted molar refractivity (Wildman–Crippen MR) is 377 cm³/mol. The van der Waals surface area contributed by atoms with Crippen LogP contribution in [0.4, 0.5) is 0 Å². The minimum Gasteiger partial charge on any atom is -0.462 e. The Morgan fingerprint density at radius 1 is 0.301 bits per heavy atom. The third-order valence-corrected chi connectivity index (χ3v) is 19.5. The number of esters is 4. The fraction of sp³-hybridized carbons (Fsp3) is 0.946. The van der Waals surface area contributed by atoms with Gasteiger partial charge in [0.15, 0.2) is 12.2 Å². The number of phosphoric ester groups is 2. The second-order valence-electron chi connectivity index (χ2n) is 26.9. The fourth-order valence-electron chi connectivity index (χ4n) is 11.3. The Hall–Kier alpha value is -1.94. The number of aliphatic hydroxyl groups is 1. The Labute approximate surface area is 568 Å². The first-order valence-corrected chi connectivity index (χ1v) is 41.7. The molecule has 93 heavy (non-hydrogen) atoms. The molecule has 0 spiro atoms. The zero-order chi connectivity index (χ0) is 68.4. The topological polar surface area (TPSA) is 237 Å². The molecule has 3 unspecified atom stereocenters. The Balaban J connectivity index is 5.23. The first kappa shape index (κ1) is 91.1. The summed E-state index contributed by atoms with van der Waals surface area (Å²) < 4.78 is 68.4. The number of unbranched alkanes of at least 4 members (excludes halogenated alkanes) is 45. The minimum atomic E-state index is -4.95. The molecule has 17 nitrogen and oxygen atoms in total. The molecule has 0 saturated carbocycles. The van der Waals surface area contributed by atoms with Crippen LogP contribution in [0.3, 0.4) is 0 Å². The maximum absolute atomic E-state index is 13.1. The zero-order valence-electron chi connectivity index (χ0n) is 60.4. The van der Waals surface area contributed by atoms with E-state index in [0.29, 0.717) is 25.7 Å². The number of hydrogen-bond acceptors (Lipinski definition) is 15. The van der Waals surface area contributed by atoms with Crippen molar-refractivity contribution in [2.24, 2.45) is 5.92 Å². The van der Waals surface area contributed by atoms with Gasteiger partial charge in [0.2, 0.25) is 0 Å². The van der Waals surface area contributed by atoms with Crippen LogP contribution in [0.2, 0.25) is 0 Å². The first-order valence-electron chi connectivity index (χ1n) is 38.7. The highest BCUT2D eigenvalue weighted by Gasteiger charge is 2.30. The van der Waals surface area contributed by atoms with Gasteiger partial charge in [0, 0.05) is 25.7 Å². The van der Waals surface area contributed by atoms with Crippen LogP contribution in [0.1, 0.15) is 388 Å². The zero-order valence-corrected chi connectivity index (χ0v) is 62.2. The normalized spacial score (nSPS) is 14.3. The van der Waals surface area contributed by atoms with Crippen molar-refractivity contribution in [3.05, 3.63) is 0 Å². The number of carbonyl (C=O) groups is 4. The second-order valence-corrected chi connectivity index (χ2v) is 29.8. The summed E-state index contributed by atoms with van der Waals surface area (Å²) in [6, 6.07) is 0. The van der Waals surface area contributed by atoms with E-state index < -0.39 is 97.5 Å². The molecule has 0 heterocycles. The monoisotopic (exact) mass is 1370 g/mol. The number of rotatable bonds is 74. The van der Waals surface area contributed by atoms with E-state index in [1.54, 1.807) is 0 Å². The van der Waals surface area contributed by atoms with Crippen molar-refractivity contribution >= 4 is 39.5 Å². The summed E-state index contributed by atoms with van der Waals surface area (Å²) in [7, 11) is -9.91. The van der Waals surface area contributed by atoms with Crippen LogP contribution in [-0.2, 0) is 65.4 Å². The lowest BCUT2D eigenvalue weighted by Crippen LogP contribution is -2.30. The van der Waals surface area contributed by atoms with Crippen LogP contribution in [0.25, 0.3) is 0 Å². The molecule has 0 amide bonds. The van der Waals surface area contributed by atoms with E-state index in [2.05, 4.69) is 34.6 Å². The molecule has 0 aliphatic rings. The number of carbonyl (C=O) groups excluding carboxylic acids is 4. The number of aliphatic hydroxyl groups excluding tert-OH is 1. The average Bonchev–Trinajstić information content (AvgIpc) is 3.75. The van der Waals surface area contributed by atoms with E-state index in [-0.39, 0.29) is 25.7 Å². The van der Waals surface area contributed by atoms with Gasteiger partial charge in [0.25, 0.3) is 0 Å². The maximum atomic E-state index is 13.1. The molecule has 0 fully saturated rings. The Morgan fingerprint density at radius 3 is 0.763 bits per heavy atom. The largest absolute Gasteiger partial charge is 0.472 e. The fourth-order valence-corrected chi connectivity index (χ4v) is 12.9. The molecular formula is C74H144O17P2. The Morgan fingerprint density at radius 2 is 0.516 bits per heavy atom. The molecule has 0 aromatic heterocycles. The summed E-state index contributed by atoms with van der Waals surface area (Å²) in [4.78, 5) is 72.7. The van der Waals surface area contributed by atoms with Gasteiger partial charge in [-0.05, 0) is 31.6 Å². The smallest absolute Gasteiger partial charge is 0.462 e. The molecule has 0 aromatic carbocycles. The second kappa shape index (κ2) is 67.3. The third kappa shape index (κ3) is 67.0. The lowest BCUT2D eigenvalue weighted by Gasteiger charge is -2.21. The van der Waals surface area contributed by atoms with Crippen molar-refractivity contribution < 1.29 is 80.2 Å². The maximum Gasteiger partial charge on any atom is 0.472 e. The quantitative estimate of drug-likeness (QED) is 0.0222. The van der Waals surface area contributed by atoms with Crippen LogP contribution in [0.5, 0.6) is 0 Å². The van der Waals surface area contributed by atoms with E-state index in [1.807, 2.05) is 0 Å². The molecule has 19 heteroatoms. The molecule has 3 N–H and O–H groups in total. The summed E-state index contributed by atoms with van der Waals surface area (Å²) >= 11 is 0. The van der Waals surface area contributed by atoms with Gasteiger partial charge in [0.1, 0.15) is 19.3 Å². The lowest BCUT2D eigenvalue weighted by molar-refractivity contribution is -0.161. The molecule has 6 atom stereocenters. The third-order valence-electron chi connectivity index (χ3n) is 17.6. The highest BCUT2D eigenvalue weighted by molar-refractivity contribution is 7.47. The van der Waals surface area contributed by atoms with Crippen LogP contribution in [0.15, 0.2) is 0 Å². The van der Waals surface area contributed by atoms with Crippen molar-refractivity contribution in [3.8, 4) is 0 Å². The van der Waals surface area contributed by atoms with Gasteiger partial charge in [-0.2, -0.15) is 0 Å². The summed E-state index contributed by atoms with van der Waals surface area (Å²) in [6.07, 6.45) is 55.3. The summed E-state index contributed by atoms with van der Waals surface area (Å²) in [5.41, 5.74) is 0. The molecule has 0 bridgehead atoms. The Bertz CT molecular complexity index is 1790. The summed E-state index contributed by atoms with van der Waals surface area (Å²) in [5, 5.41) is 10.6. The van der Waals surface area contributed by atoms with Crippen LogP contribution in [-0.4, -0.2) is 96.7 Å². The molecule has 0 saturated heterocycles. The van der Waals surface area contributed by atoms with E-state index in [9.17, 15) is 43.2 Å². The summed E-state index contributed by atoms with van der Waals surface area (Å²) in [5.74, 6) is -1.34. The van der Waals surface area contributed by atoms with E-state index in [4.69, 9.17) is 37.0 Å². The van der Waals surface area contributed by atoms with E-state index in [1.165, 1.54) is 212 Å². The van der Waals surface area contributed by atoms with Crippen molar-refractivity contribution in [1.29, 1.82) is 0 Å². The van der Waals surface area contributed by atoms with Gasteiger partial charge in [-0.1, -0.05) is 336 Å². The van der Waals surface area contributed by atoms with Gasteiger partial charge in [-0.3, -0.25) is 37.3 Å². The minimum absolute atomic E-state index is 0.108. The molecule has 552 valence electrons. The van der Waals surface area contributed by atoms with Crippen molar-refractivity contribution in [1.82, 2.24) is 0 Å². The van der Waals surface area contributed by atoms with Crippen molar-refractivity contribution in [2.45, 2.75) is 406 Å². The lowest BCUT2D eigenvalue weighted by atomic mass is 9.99. The molecule has 0 aliphatic carbocycles. The summed E-state index contributed by atoms with van der Waals surface area (Å²) in [6.45, 7) is 7.28. The first-order chi connectivity index (χ1) is 45.1. The van der Waals surface area contributed by atoms with Gasteiger partial charge in [-0.25, -0.2) is 9.13 Å². The van der Waals surface area contributed by atoms with Crippen LogP contribution >= 0.6 is 15.6 Å². The highest BCUT2D eigenvalue weighted by Crippen LogP contribution is 2.45. The Kier molecular flexibility index (Phi) is 65.9. The van der Waals surface area contributed by atoms with Crippen molar-refractivity contribution in [2.75, 3.05) is 39.6 Å². The predicted octanol–water partition coefficient (Wildman–Crippen LogP) is 21.7. The van der Waals surface area contributed by atoms with Gasteiger partial charge < -0.3 is 33.8 Å². The van der Waals surface area contributed by atoms with E-state index in [0.717, 1.165) is 95.8 Å². The van der Waals surface area contributed by atoms with Gasteiger partial charge in [-0.15, -0.1) is 0 Å². The molecular weight excluding hydrogens is 1220 g/mol. The number of hydrogen-bond donors (Lipinski definition) is 3. The number of phosphoric acid groups is 2. The number of ether oxygens (including phenoxy) is 4. The molecule has 0 rings (SSSR count). The van der Waals surface area contributed by atoms with Gasteiger partial charge >= 0.3 is 39.5 Å².